The van der Waals surface area contributed by atoms with Crippen LogP contribution in [0.25, 0.3) is 10.8 Å². The number of fused-ring (bicyclic) bond motifs is 1. The molecule has 19 heavy (non-hydrogen) atoms. The van der Waals surface area contributed by atoms with Crippen molar-refractivity contribution in [2.45, 2.75) is 9.79 Å². The fourth-order valence-electron chi connectivity index (χ4n) is 1.63. The molecule has 0 fully saturated rings. The number of benzene rings is 2. The first-order valence-corrected chi connectivity index (χ1v) is 7.71. The topological polar surface area (TPSA) is 133 Å². The average molecular weight is 302 g/mol. The monoisotopic (exact) mass is 302 g/mol. The maximum absolute atomic E-state index is 11.0. The average Bonchev–Trinajstić information content (AvgIpc) is 2.25. The zero-order valence-electron chi connectivity index (χ0n) is 9.23. The van der Waals surface area contributed by atoms with Crippen LogP contribution in [0.1, 0.15) is 0 Å². The summed E-state index contributed by atoms with van der Waals surface area (Å²) in [5.74, 6) is 0. The van der Waals surface area contributed by atoms with Gasteiger partial charge < -0.3 is 5.73 Å². The molecule has 0 saturated carbocycles. The summed E-state index contributed by atoms with van der Waals surface area (Å²) in [5, 5.41) is 0.398. The van der Waals surface area contributed by atoms with Gasteiger partial charge in [-0.15, -0.1) is 0 Å². The summed E-state index contributed by atoms with van der Waals surface area (Å²) in [6.45, 7) is 0. The van der Waals surface area contributed by atoms with Crippen LogP contribution >= 0.6 is 0 Å². The predicted molar refractivity (Wildman–Crippen MR) is 66.3 cm³/mol. The third kappa shape index (κ3) is 2.68. The van der Waals surface area contributed by atoms with Crippen LogP contribution in [-0.4, -0.2) is 25.9 Å². The van der Waals surface area contributed by atoms with Crippen LogP contribution in [-0.2, 0) is 20.2 Å². The summed E-state index contributed by atoms with van der Waals surface area (Å²) in [4.78, 5) is -0.940. The van der Waals surface area contributed by atoms with Gasteiger partial charge in [0.15, 0.2) is 0 Å². The van der Waals surface area contributed by atoms with Gasteiger partial charge in [0.05, 0.1) is 15.5 Å². The van der Waals surface area contributed by atoms with Crippen LogP contribution in [0.3, 0.4) is 0 Å². The molecule has 7 nitrogen and oxygen atoms in total. The summed E-state index contributed by atoms with van der Waals surface area (Å²) < 4.78 is 61.8. The van der Waals surface area contributed by atoms with Crippen LogP contribution in [0.2, 0.25) is 0 Å². The van der Waals surface area contributed by atoms with Gasteiger partial charge >= 0.3 is 0 Å². The Morgan fingerprint density at radius 2 is 1.37 bits per heavy atom. The minimum atomic E-state index is -4.50. The smallest absolute Gasteiger partial charge is 0.294 e. The summed E-state index contributed by atoms with van der Waals surface area (Å²) >= 11 is 0. The molecule has 2 rings (SSSR count). The van der Waals surface area contributed by atoms with E-state index in [0.717, 1.165) is 24.3 Å². The molecule has 0 unspecified atom stereocenters. The van der Waals surface area contributed by atoms with Gasteiger partial charge in [-0.05, 0) is 29.7 Å². The standard InChI is InChI=1S/C10H8NO6S2/c11-10-5-8(19(15,16)17)4-6-3-7(18(12,13)14)1-2-9(6)10/h1-5,11H,(H,12,13,14)(H,15,16,17). The fourth-order valence-corrected chi connectivity index (χ4v) is 2.69. The van der Waals surface area contributed by atoms with E-state index < -0.39 is 30.0 Å². The highest BCUT2D eigenvalue weighted by Crippen LogP contribution is 2.28. The van der Waals surface area contributed by atoms with Gasteiger partial charge in [0.2, 0.25) is 0 Å². The Bertz CT molecular complexity index is 865. The minimum absolute atomic E-state index is 0.107. The number of rotatable bonds is 2. The third-order valence-corrected chi connectivity index (χ3v) is 4.17. The zero-order chi connectivity index (χ0) is 14.4. The lowest BCUT2D eigenvalue weighted by Crippen LogP contribution is -2.00. The Balaban J connectivity index is 2.85. The maximum atomic E-state index is 11.0. The van der Waals surface area contributed by atoms with E-state index in [9.17, 15) is 16.8 Å². The van der Waals surface area contributed by atoms with Crippen molar-refractivity contribution in [3.8, 4) is 0 Å². The highest BCUT2D eigenvalue weighted by molar-refractivity contribution is 7.86. The van der Waals surface area contributed by atoms with E-state index in [1.54, 1.807) is 0 Å². The summed E-state index contributed by atoms with van der Waals surface area (Å²) in [6.07, 6.45) is 0. The maximum Gasteiger partial charge on any atom is 0.294 e. The van der Waals surface area contributed by atoms with Gasteiger partial charge in [0.1, 0.15) is 0 Å². The van der Waals surface area contributed by atoms with Crippen molar-refractivity contribution in [3.63, 3.8) is 0 Å². The highest BCUT2D eigenvalue weighted by Gasteiger charge is 2.15. The van der Waals surface area contributed by atoms with Gasteiger partial charge in [0.25, 0.3) is 20.2 Å². The van der Waals surface area contributed by atoms with Gasteiger partial charge in [-0.3, -0.25) is 9.11 Å². The van der Waals surface area contributed by atoms with E-state index in [2.05, 4.69) is 0 Å². The molecule has 0 aliphatic heterocycles. The molecule has 0 heterocycles. The fraction of sp³-hybridized carbons (Fsp3) is 0. The molecular formula is C10H8NO6S2. The van der Waals surface area contributed by atoms with Gasteiger partial charge in [-0.25, -0.2) is 0 Å². The molecule has 1 radical (unpaired) electrons. The van der Waals surface area contributed by atoms with Crippen LogP contribution in [0.4, 0.5) is 5.69 Å². The van der Waals surface area contributed by atoms with E-state index in [1.165, 1.54) is 6.07 Å². The summed E-state index contributed by atoms with van der Waals surface area (Å²) in [6, 6.07) is 5.37. The third-order valence-electron chi connectivity index (χ3n) is 2.49. The second-order valence-electron chi connectivity index (χ2n) is 3.80. The number of hydrogen-bond acceptors (Lipinski definition) is 4. The number of hydrogen-bond donors (Lipinski definition) is 2. The molecule has 0 aromatic heterocycles. The minimum Gasteiger partial charge on any atom is -0.300 e. The quantitative estimate of drug-likeness (QED) is 0.802. The van der Waals surface area contributed by atoms with Gasteiger partial charge in [-0.2, -0.15) is 16.8 Å². The molecule has 0 amide bonds. The highest BCUT2D eigenvalue weighted by atomic mass is 32.2. The molecule has 0 aliphatic rings. The summed E-state index contributed by atoms with van der Waals surface area (Å²) in [7, 11) is -8.93. The van der Waals surface area contributed by atoms with Crippen molar-refractivity contribution >= 4 is 36.7 Å². The van der Waals surface area contributed by atoms with Crippen molar-refractivity contribution in [2.24, 2.45) is 0 Å². The van der Waals surface area contributed by atoms with Gasteiger partial charge in [-0.1, -0.05) is 6.07 Å². The Morgan fingerprint density at radius 1 is 0.842 bits per heavy atom. The van der Waals surface area contributed by atoms with E-state index in [-0.39, 0.29) is 11.1 Å². The van der Waals surface area contributed by atoms with Crippen molar-refractivity contribution in [1.29, 1.82) is 0 Å². The largest absolute Gasteiger partial charge is 0.300 e. The molecule has 3 N–H and O–H groups in total. The van der Waals surface area contributed by atoms with Gasteiger partial charge in [0, 0.05) is 5.39 Å². The Morgan fingerprint density at radius 3 is 1.89 bits per heavy atom. The van der Waals surface area contributed by atoms with Crippen LogP contribution in [0.5, 0.6) is 0 Å². The molecule has 0 bridgehead atoms. The normalized spacial score (nSPS) is 12.7. The summed E-state index contributed by atoms with van der Waals surface area (Å²) in [5.41, 5.74) is 7.44. The van der Waals surface area contributed by atoms with E-state index in [1.807, 2.05) is 0 Å². The van der Waals surface area contributed by atoms with Crippen LogP contribution in [0, 0.1) is 0 Å². The molecule has 0 atom stereocenters. The molecule has 9 heteroatoms. The molecule has 0 saturated heterocycles. The second-order valence-corrected chi connectivity index (χ2v) is 6.65. The Hall–Kier alpha value is -1.68. The molecule has 101 valence electrons. The lowest BCUT2D eigenvalue weighted by atomic mass is 10.1. The second kappa shape index (κ2) is 4.17. The first-order chi connectivity index (χ1) is 8.59. The zero-order valence-corrected chi connectivity index (χ0v) is 10.9. The lowest BCUT2D eigenvalue weighted by Gasteiger charge is -2.06. The van der Waals surface area contributed by atoms with E-state index in [0.29, 0.717) is 5.39 Å². The molecular weight excluding hydrogens is 294 g/mol. The van der Waals surface area contributed by atoms with Crippen molar-refractivity contribution in [1.82, 2.24) is 5.73 Å². The van der Waals surface area contributed by atoms with E-state index in [4.69, 9.17) is 14.8 Å². The van der Waals surface area contributed by atoms with Crippen molar-refractivity contribution < 1.29 is 25.9 Å². The SMILES string of the molecule is [NH]c1cc(S(=O)(=O)O)cc2cc(S(=O)(=O)O)ccc12. The lowest BCUT2D eigenvalue weighted by molar-refractivity contribution is 0.481. The molecule has 2 aromatic rings. The van der Waals surface area contributed by atoms with E-state index >= 15 is 0 Å². The molecule has 0 spiro atoms. The van der Waals surface area contributed by atoms with Crippen molar-refractivity contribution in [3.05, 3.63) is 30.3 Å². The predicted octanol–water partition coefficient (Wildman–Crippen LogP) is 1.25. The first-order valence-electron chi connectivity index (χ1n) is 4.83. The first kappa shape index (κ1) is 13.7. The Kier molecular flexibility index (Phi) is 3.01. The Labute approximate surface area is 109 Å². The molecule has 2 aromatic carbocycles. The number of nitrogens with one attached hydrogen (secondary N) is 1. The molecule has 0 aliphatic carbocycles. The van der Waals surface area contributed by atoms with Crippen LogP contribution in [0.15, 0.2) is 40.1 Å². The van der Waals surface area contributed by atoms with Crippen molar-refractivity contribution in [2.75, 3.05) is 0 Å². The van der Waals surface area contributed by atoms with Crippen LogP contribution < -0.4 is 5.73 Å².